The lowest BCUT2D eigenvalue weighted by atomic mass is 10.1. The van der Waals surface area contributed by atoms with Gasteiger partial charge < -0.3 is 5.32 Å². The van der Waals surface area contributed by atoms with Crippen LogP contribution >= 0.6 is 11.6 Å². The molecule has 0 aliphatic carbocycles. The summed E-state index contributed by atoms with van der Waals surface area (Å²) in [6.07, 6.45) is -4.87. The Bertz CT molecular complexity index is 392. The van der Waals surface area contributed by atoms with Gasteiger partial charge in [-0.25, -0.2) is 0 Å². The molecular weight excluding hydrogens is 243 g/mol. The molecule has 2 nitrogen and oxygen atoms in total. The molecule has 0 saturated heterocycles. The van der Waals surface area contributed by atoms with E-state index in [4.69, 9.17) is 11.6 Å². The van der Waals surface area contributed by atoms with Crippen LogP contribution in [0.4, 0.5) is 13.2 Å². The van der Waals surface area contributed by atoms with Crippen LogP contribution in [0.1, 0.15) is 18.5 Å². The van der Waals surface area contributed by atoms with Crippen molar-refractivity contribution in [3.05, 3.63) is 34.9 Å². The van der Waals surface area contributed by atoms with Crippen molar-refractivity contribution in [1.82, 2.24) is 5.32 Å². The van der Waals surface area contributed by atoms with E-state index in [-0.39, 0.29) is 0 Å². The van der Waals surface area contributed by atoms with Crippen LogP contribution in [0, 0.1) is 0 Å². The van der Waals surface area contributed by atoms with Crippen LogP contribution in [0.2, 0.25) is 5.02 Å². The van der Waals surface area contributed by atoms with Gasteiger partial charge in [0, 0.05) is 5.02 Å². The summed E-state index contributed by atoms with van der Waals surface area (Å²) in [6, 6.07) is 5.56. The number of alkyl halides is 3. The summed E-state index contributed by atoms with van der Waals surface area (Å²) in [7, 11) is 0. The molecule has 6 heteroatoms. The first-order valence-electron chi connectivity index (χ1n) is 4.44. The van der Waals surface area contributed by atoms with Gasteiger partial charge in [-0.05, 0) is 24.6 Å². The fourth-order valence-corrected chi connectivity index (χ4v) is 1.34. The van der Waals surface area contributed by atoms with Crippen LogP contribution in [-0.2, 0) is 4.79 Å². The molecule has 0 bridgehead atoms. The normalized spacial score (nSPS) is 13.3. The van der Waals surface area contributed by atoms with E-state index in [1.807, 2.05) is 5.32 Å². The van der Waals surface area contributed by atoms with E-state index in [0.717, 1.165) is 0 Å². The van der Waals surface area contributed by atoms with Crippen molar-refractivity contribution >= 4 is 17.5 Å². The van der Waals surface area contributed by atoms with Crippen LogP contribution in [0.5, 0.6) is 0 Å². The Morgan fingerprint density at radius 1 is 1.44 bits per heavy atom. The highest BCUT2D eigenvalue weighted by molar-refractivity contribution is 6.30. The van der Waals surface area contributed by atoms with E-state index in [9.17, 15) is 18.0 Å². The third-order valence-corrected chi connectivity index (χ3v) is 2.19. The zero-order chi connectivity index (χ0) is 12.3. The number of hydrogen-bond acceptors (Lipinski definition) is 1. The van der Waals surface area contributed by atoms with Gasteiger partial charge in [-0.3, -0.25) is 4.79 Å². The molecule has 0 radical (unpaired) electrons. The molecule has 1 N–H and O–H groups in total. The Morgan fingerprint density at radius 2 is 2.06 bits per heavy atom. The minimum absolute atomic E-state index is 0.408. The van der Waals surface area contributed by atoms with Gasteiger partial charge in [0.1, 0.15) is 0 Å². The lowest BCUT2D eigenvalue weighted by Gasteiger charge is -2.15. The number of halogens is 4. The molecule has 1 amide bonds. The van der Waals surface area contributed by atoms with E-state index in [1.165, 1.54) is 13.0 Å². The summed E-state index contributed by atoms with van der Waals surface area (Å²) in [4.78, 5) is 10.7. The van der Waals surface area contributed by atoms with Crippen molar-refractivity contribution in [3.63, 3.8) is 0 Å². The minimum atomic E-state index is -4.87. The number of benzene rings is 1. The van der Waals surface area contributed by atoms with E-state index in [0.29, 0.717) is 10.6 Å². The predicted molar refractivity (Wildman–Crippen MR) is 54.1 cm³/mol. The van der Waals surface area contributed by atoms with Gasteiger partial charge in [-0.1, -0.05) is 23.7 Å². The number of carbonyl (C=O) groups excluding carboxylic acids is 1. The highest BCUT2D eigenvalue weighted by Gasteiger charge is 2.39. The summed E-state index contributed by atoms with van der Waals surface area (Å²) in [5.74, 6) is -1.96. The zero-order valence-corrected chi connectivity index (χ0v) is 9.06. The number of amides is 1. The Balaban J connectivity index is 2.73. The standard InChI is InChI=1S/C10H9ClF3NO/c1-6(15-9(16)10(12,13)14)7-3-2-4-8(11)5-7/h2-6H,1H3,(H,15,16). The molecule has 88 valence electrons. The second-order valence-electron chi connectivity index (χ2n) is 3.25. The zero-order valence-electron chi connectivity index (χ0n) is 8.31. The third-order valence-electron chi connectivity index (χ3n) is 1.95. The van der Waals surface area contributed by atoms with Gasteiger partial charge in [0.2, 0.25) is 0 Å². The van der Waals surface area contributed by atoms with Gasteiger partial charge in [0.05, 0.1) is 6.04 Å². The Morgan fingerprint density at radius 3 is 2.56 bits per heavy atom. The second-order valence-corrected chi connectivity index (χ2v) is 3.68. The monoisotopic (exact) mass is 251 g/mol. The maximum absolute atomic E-state index is 12.0. The van der Waals surface area contributed by atoms with E-state index in [1.54, 1.807) is 18.2 Å². The molecule has 1 atom stereocenters. The first kappa shape index (κ1) is 12.8. The number of hydrogen-bond donors (Lipinski definition) is 1. The average Bonchev–Trinajstić information content (AvgIpc) is 2.16. The first-order valence-corrected chi connectivity index (χ1v) is 4.81. The SMILES string of the molecule is CC(NC(=O)C(F)(F)F)c1cccc(Cl)c1. The van der Waals surface area contributed by atoms with Crippen LogP contribution in [0.15, 0.2) is 24.3 Å². The molecule has 0 spiro atoms. The van der Waals surface area contributed by atoms with Crippen molar-refractivity contribution in [2.24, 2.45) is 0 Å². The topological polar surface area (TPSA) is 29.1 Å². The maximum atomic E-state index is 12.0. The number of carbonyl (C=O) groups is 1. The Labute approximate surface area is 95.4 Å². The van der Waals surface area contributed by atoms with E-state index in [2.05, 4.69) is 0 Å². The summed E-state index contributed by atoms with van der Waals surface area (Å²) in [5, 5.41) is 2.25. The molecule has 1 rings (SSSR count). The summed E-state index contributed by atoms with van der Waals surface area (Å²) >= 11 is 5.68. The third kappa shape index (κ3) is 3.41. The molecule has 0 aliphatic heterocycles. The summed E-state index contributed by atoms with van der Waals surface area (Å²) < 4.78 is 35.9. The van der Waals surface area contributed by atoms with Crippen molar-refractivity contribution in [2.75, 3.05) is 0 Å². The molecular formula is C10H9ClF3NO. The van der Waals surface area contributed by atoms with E-state index >= 15 is 0 Å². The minimum Gasteiger partial charge on any atom is -0.342 e. The molecule has 0 saturated carbocycles. The lowest BCUT2D eigenvalue weighted by Crippen LogP contribution is -2.38. The lowest BCUT2D eigenvalue weighted by molar-refractivity contribution is -0.174. The first-order chi connectivity index (χ1) is 7.30. The van der Waals surface area contributed by atoms with Gasteiger partial charge in [-0.15, -0.1) is 0 Å². The van der Waals surface area contributed by atoms with Crippen molar-refractivity contribution in [1.29, 1.82) is 0 Å². The molecule has 1 aromatic rings. The fourth-order valence-electron chi connectivity index (χ4n) is 1.14. The smallest absolute Gasteiger partial charge is 0.342 e. The van der Waals surface area contributed by atoms with Crippen LogP contribution in [0.25, 0.3) is 0 Å². The van der Waals surface area contributed by atoms with Gasteiger partial charge in [0.25, 0.3) is 0 Å². The second kappa shape index (κ2) is 4.74. The van der Waals surface area contributed by atoms with Crippen molar-refractivity contribution in [3.8, 4) is 0 Å². The molecule has 1 unspecified atom stereocenters. The predicted octanol–water partition coefficient (Wildman–Crippen LogP) is 3.08. The van der Waals surface area contributed by atoms with Crippen LogP contribution in [0.3, 0.4) is 0 Å². The quantitative estimate of drug-likeness (QED) is 0.860. The number of rotatable bonds is 2. The van der Waals surface area contributed by atoms with Crippen LogP contribution in [-0.4, -0.2) is 12.1 Å². The molecule has 16 heavy (non-hydrogen) atoms. The molecule has 0 aliphatic rings. The van der Waals surface area contributed by atoms with Gasteiger partial charge >= 0.3 is 12.1 Å². The van der Waals surface area contributed by atoms with Gasteiger partial charge in [0.15, 0.2) is 0 Å². The largest absolute Gasteiger partial charge is 0.471 e. The molecule has 0 aromatic heterocycles. The molecule has 0 fully saturated rings. The maximum Gasteiger partial charge on any atom is 0.471 e. The van der Waals surface area contributed by atoms with Gasteiger partial charge in [-0.2, -0.15) is 13.2 Å². The fraction of sp³-hybridized carbons (Fsp3) is 0.300. The Kier molecular flexibility index (Phi) is 3.80. The average molecular weight is 252 g/mol. The Hall–Kier alpha value is -1.23. The molecule has 1 aromatic carbocycles. The highest BCUT2D eigenvalue weighted by Crippen LogP contribution is 2.20. The summed E-state index contributed by atoms with van der Waals surface area (Å²) in [5.41, 5.74) is 0.519. The summed E-state index contributed by atoms with van der Waals surface area (Å²) in [6.45, 7) is 1.45. The highest BCUT2D eigenvalue weighted by atomic mass is 35.5. The van der Waals surface area contributed by atoms with Crippen LogP contribution < -0.4 is 5.32 Å². The van der Waals surface area contributed by atoms with E-state index < -0.39 is 18.1 Å². The number of nitrogens with one attached hydrogen (secondary N) is 1. The van der Waals surface area contributed by atoms with Crippen molar-refractivity contribution in [2.45, 2.75) is 19.1 Å². The molecule has 0 heterocycles. The van der Waals surface area contributed by atoms with Crippen molar-refractivity contribution < 1.29 is 18.0 Å².